The van der Waals surface area contributed by atoms with Crippen molar-refractivity contribution in [1.29, 1.82) is 0 Å². The van der Waals surface area contributed by atoms with E-state index in [-0.39, 0.29) is 24.3 Å². The molecule has 1 aromatic rings. The van der Waals surface area contributed by atoms with Crippen molar-refractivity contribution in [1.82, 2.24) is 10.6 Å². The number of allylic oxidation sites excluding steroid dienone is 1. The van der Waals surface area contributed by atoms with Crippen LogP contribution in [0.25, 0.3) is 0 Å². The van der Waals surface area contributed by atoms with E-state index >= 15 is 0 Å². The quantitative estimate of drug-likeness (QED) is 0.641. The van der Waals surface area contributed by atoms with Gasteiger partial charge in [0, 0.05) is 12.3 Å². The van der Waals surface area contributed by atoms with Gasteiger partial charge in [-0.1, -0.05) is 56.3 Å². The lowest BCUT2D eigenvalue weighted by molar-refractivity contribution is -0.149. The molecule has 2 atom stereocenters. The fourth-order valence-electron chi connectivity index (χ4n) is 2.56. The van der Waals surface area contributed by atoms with Crippen LogP contribution in [0.1, 0.15) is 44.7 Å². The molecule has 1 heterocycles. The second-order valence-electron chi connectivity index (χ2n) is 6.62. The van der Waals surface area contributed by atoms with Crippen molar-refractivity contribution < 1.29 is 19.1 Å². The van der Waals surface area contributed by atoms with Gasteiger partial charge in [0.15, 0.2) is 0 Å². The molecule has 26 heavy (non-hydrogen) atoms. The van der Waals surface area contributed by atoms with Gasteiger partial charge in [0.1, 0.15) is 12.6 Å². The Kier molecular flexibility index (Phi) is 7.38. The minimum absolute atomic E-state index is 0.0202. The molecule has 1 aromatic carbocycles. The molecule has 1 aliphatic heterocycles. The zero-order chi connectivity index (χ0) is 18.9. The highest BCUT2D eigenvalue weighted by Gasteiger charge is 2.24. The molecule has 0 aromatic heterocycles. The van der Waals surface area contributed by atoms with Gasteiger partial charge >= 0.3 is 5.97 Å². The lowest BCUT2D eigenvalue weighted by Gasteiger charge is -2.22. The highest BCUT2D eigenvalue weighted by molar-refractivity contribution is 5.85. The second kappa shape index (κ2) is 9.75. The average molecular weight is 358 g/mol. The maximum Gasteiger partial charge on any atom is 0.329 e. The molecule has 0 bridgehead atoms. The SMILES string of the molecule is CC(C)C(=O)N[C@@H]1C/C=C/CCC(=O)N[C@H](c2ccccc2)COC1=O. The monoisotopic (exact) mass is 358 g/mol. The summed E-state index contributed by atoms with van der Waals surface area (Å²) in [4.78, 5) is 36.5. The van der Waals surface area contributed by atoms with Crippen molar-refractivity contribution in [2.24, 2.45) is 5.92 Å². The number of rotatable bonds is 3. The summed E-state index contributed by atoms with van der Waals surface area (Å²) in [6.45, 7) is 3.56. The fourth-order valence-corrected chi connectivity index (χ4v) is 2.56. The largest absolute Gasteiger partial charge is 0.462 e. The first-order chi connectivity index (χ1) is 12.5. The van der Waals surface area contributed by atoms with Crippen molar-refractivity contribution in [3.8, 4) is 0 Å². The van der Waals surface area contributed by atoms with Crippen LogP contribution in [0.5, 0.6) is 0 Å². The molecule has 0 aliphatic carbocycles. The van der Waals surface area contributed by atoms with E-state index in [2.05, 4.69) is 10.6 Å². The van der Waals surface area contributed by atoms with Crippen LogP contribution in [0.2, 0.25) is 0 Å². The molecule has 2 amide bonds. The van der Waals surface area contributed by atoms with Gasteiger partial charge in [-0.05, 0) is 18.4 Å². The number of carbonyl (C=O) groups excluding carboxylic acids is 3. The minimum atomic E-state index is -0.729. The van der Waals surface area contributed by atoms with Crippen LogP contribution in [0.15, 0.2) is 42.5 Å². The van der Waals surface area contributed by atoms with E-state index < -0.39 is 18.1 Å². The lowest BCUT2D eigenvalue weighted by Crippen LogP contribution is -2.44. The smallest absolute Gasteiger partial charge is 0.329 e. The van der Waals surface area contributed by atoms with Crippen molar-refractivity contribution in [2.75, 3.05) is 6.61 Å². The van der Waals surface area contributed by atoms with Gasteiger partial charge in [-0.15, -0.1) is 0 Å². The highest BCUT2D eigenvalue weighted by atomic mass is 16.5. The standard InChI is InChI=1S/C20H26N2O4/c1-14(2)19(24)22-16-11-7-4-8-12-18(23)21-17(13-26-20(16)25)15-9-5-3-6-10-15/h3-7,9-10,14,16-17H,8,11-13H2,1-2H3,(H,21,23)(H,22,24)/b7-4+/t16-,17+/m1/s1. The Bertz CT molecular complexity index is 655. The number of amides is 2. The molecule has 140 valence electrons. The van der Waals surface area contributed by atoms with Gasteiger partial charge in [-0.3, -0.25) is 9.59 Å². The normalized spacial score (nSPS) is 23.2. The number of ether oxygens (including phenoxy) is 1. The number of nitrogens with one attached hydrogen (secondary N) is 2. The summed E-state index contributed by atoms with van der Waals surface area (Å²) in [5.41, 5.74) is 0.865. The van der Waals surface area contributed by atoms with Crippen LogP contribution in [-0.4, -0.2) is 30.4 Å². The molecule has 2 rings (SSSR count). The molecular weight excluding hydrogens is 332 g/mol. The molecule has 6 heteroatoms. The van der Waals surface area contributed by atoms with Crippen LogP contribution in [0, 0.1) is 5.92 Å². The summed E-state index contributed by atoms with van der Waals surface area (Å²) < 4.78 is 5.42. The maximum atomic E-state index is 12.5. The van der Waals surface area contributed by atoms with Gasteiger partial charge in [-0.2, -0.15) is 0 Å². The van der Waals surface area contributed by atoms with Gasteiger partial charge in [0.05, 0.1) is 6.04 Å². The summed E-state index contributed by atoms with van der Waals surface area (Å²) in [5, 5.41) is 5.64. The van der Waals surface area contributed by atoms with Crippen molar-refractivity contribution in [3.63, 3.8) is 0 Å². The first-order valence-corrected chi connectivity index (χ1v) is 8.93. The van der Waals surface area contributed by atoms with E-state index in [4.69, 9.17) is 4.74 Å². The average Bonchev–Trinajstić information content (AvgIpc) is 2.63. The van der Waals surface area contributed by atoms with E-state index in [0.717, 1.165) is 5.56 Å². The maximum absolute atomic E-state index is 12.5. The molecule has 0 radical (unpaired) electrons. The van der Waals surface area contributed by atoms with Crippen LogP contribution < -0.4 is 10.6 Å². The first kappa shape index (κ1) is 19.7. The minimum Gasteiger partial charge on any atom is -0.462 e. The highest BCUT2D eigenvalue weighted by Crippen LogP contribution is 2.15. The fraction of sp³-hybridized carbons (Fsp3) is 0.450. The van der Waals surface area contributed by atoms with Crippen LogP contribution in [-0.2, 0) is 19.1 Å². The third kappa shape index (κ3) is 6.02. The lowest BCUT2D eigenvalue weighted by atomic mass is 10.1. The summed E-state index contributed by atoms with van der Waals surface area (Å²) in [5.74, 6) is -1.01. The predicted molar refractivity (Wildman–Crippen MR) is 98.0 cm³/mol. The Labute approximate surface area is 154 Å². The topological polar surface area (TPSA) is 84.5 Å². The Morgan fingerprint density at radius 2 is 1.92 bits per heavy atom. The van der Waals surface area contributed by atoms with Gasteiger partial charge in [0.25, 0.3) is 0 Å². The number of hydrogen-bond acceptors (Lipinski definition) is 4. The number of hydrogen-bond donors (Lipinski definition) is 2. The third-order valence-corrected chi connectivity index (χ3v) is 4.13. The van der Waals surface area contributed by atoms with E-state index in [9.17, 15) is 14.4 Å². The van der Waals surface area contributed by atoms with E-state index in [1.807, 2.05) is 36.4 Å². The molecule has 6 nitrogen and oxygen atoms in total. The molecule has 0 unspecified atom stereocenters. The van der Waals surface area contributed by atoms with Gasteiger partial charge < -0.3 is 15.4 Å². The van der Waals surface area contributed by atoms with Crippen LogP contribution >= 0.6 is 0 Å². The number of cyclic esters (lactones) is 1. The number of benzene rings is 1. The summed E-state index contributed by atoms with van der Waals surface area (Å²) in [7, 11) is 0. The van der Waals surface area contributed by atoms with E-state index in [1.54, 1.807) is 19.9 Å². The van der Waals surface area contributed by atoms with Crippen molar-refractivity contribution >= 4 is 17.8 Å². The van der Waals surface area contributed by atoms with E-state index in [0.29, 0.717) is 19.3 Å². The molecule has 0 fully saturated rings. The Morgan fingerprint density at radius 3 is 2.62 bits per heavy atom. The molecule has 0 saturated heterocycles. The zero-order valence-corrected chi connectivity index (χ0v) is 15.2. The predicted octanol–water partition coefficient (Wildman–Crippen LogP) is 2.27. The summed E-state index contributed by atoms with van der Waals surface area (Å²) >= 11 is 0. The second-order valence-corrected chi connectivity index (χ2v) is 6.62. The van der Waals surface area contributed by atoms with Crippen LogP contribution in [0.4, 0.5) is 0 Å². The summed E-state index contributed by atoms with van der Waals surface area (Å²) in [6.07, 6.45) is 4.93. The Morgan fingerprint density at radius 1 is 1.19 bits per heavy atom. The molecule has 0 spiro atoms. The number of esters is 1. The van der Waals surface area contributed by atoms with Gasteiger partial charge in [-0.25, -0.2) is 4.79 Å². The Hall–Kier alpha value is -2.63. The Balaban J connectivity index is 2.14. The molecule has 1 aliphatic rings. The van der Waals surface area contributed by atoms with Gasteiger partial charge in [0.2, 0.25) is 11.8 Å². The first-order valence-electron chi connectivity index (χ1n) is 8.93. The van der Waals surface area contributed by atoms with Crippen molar-refractivity contribution in [2.45, 2.75) is 45.2 Å². The molecule has 2 N–H and O–H groups in total. The van der Waals surface area contributed by atoms with Crippen LogP contribution in [0.3, 0.4) is 0 Å². The zero-order valence-electron chi connectivity index (χ0n) is 15.2. The third-order valence-electron chi connectivity index (χ3n) is 4.13. The summed E-state index contributed by atoms with van der Waals surface area (Å²) in [6, 6.07) is 8.23. The van der Waals surface area contributed by atoms with Crippen molar-refractivity contribution in [3.05, 3.63) is 48.0 Å². The molecule has 0 saturated carbocycles. The van der Waals surface area contributed by atoms with E-state index in [1.165, 1.54) is 0 Å². The number of carbonyl (C=O) groups is 3. The molecular formula is C20H26N2O4.